The van der Waals surface area contributed by atoms with Crippen LogP contribution in [0.5, 0.6) is 17.2 Å². The lowest BCUT2D eigenvalue weighted by molar-refractivity contribution is -0.144. The Morgan fingerprint density at radius 1 is 1.04 bits per heavy atom. The largest absolute Gasteiger partial charge is 0.493 e. The monoisotopic (exact) mass is 345 g/mol. The van der Waals surface area contributed by atoms with Gasteiger partial charge in [0.15, 0.2) is 11.5 Å². The van der Waals surface area contributed by atoms with Gasteiger partial charge in [0.2, 0.25) is 11.6 Å². The molecule has 0 spiro atoms. The van der Waals surface area contributed by atoms with Crippen LogP contribution >= 0.6 is 0 Å². The van der Waals surface area contributed by atoms with Gasteiger partial charge in [0, 0.05) is 6.54 Å². The number of fused-ring (bicyclic) bond motifs is 1. The van der Waals surface area contributed by atoms with Crippen molar-refractivity contribution in [1.29, 1.82) is 0 Å². The maximum atomic E-state index is 13.1. The summed E-state index contributed by atoms with van der Waals surface area (Å²) in [5.41, 5.74) is -0.00363. The first kappa shape index (κ1) is 17.9. The minimum atomic E-state index is -4.69. The summed E-state index contributed by atoms with van der Waals surface area (Å²) in [5.74, 6) is -0.655. The van der Waals surface area contributed by atoms with E-state index in [0.29, 0.717) is 17.7 Å². The highest BCUT2D eigenvalue weighted by atomic mass is 19.4. The zero-order valence-electron chi connectivity index (χ0n) is 13.7. The highest BCUT2D eigenvalue weighted by Gasteiger charge is 2.36. The van der Waals surface area contributed by atoms with Crippen LogP contribution in [0, 0.1) is 0 Å². The molecule has 0 unspecified atom stereocenters. The number of methoxy groups -OCH3 is 3. The summed E-state index contributed by atoms with van der Waals surface area (Å²) >= 11 is 0. The Kier molecular flexibility index (Phi) is 5.20. The molecular weight excluding hydrogens is 327 g/mol. The highest BCUT2D eigenvalue weighted by molar-refractivity contribution is 5.97. The lowest BCUT2D eigenvalue weighted by Gasteiger charge is -2.17. The van der Waals surface area contributed by atoms with E-state index >= 15 is 0 Å². The molecule has 1 aromatic heterocycles. The van der Waals surface area contributed by atoms with Gasteiger partial charge in [0.05, 0.1) is 26.7 Å². The summed E-state index contributed by atoms with van der Waals surface area (Å²) in [4.78, 5) is 7.25. The third kappa shape index (κ3) is 3.24. The molecule has 0 saturated heterocycles. The van der Waals surface area contributed by atoms with Crippen LogP contribution in [-0.4, -0.2) is 37.8 Å². The Morgan fingerprint density at radius 2 is 1.71 bits per heavy atom. The van der Waals surface area contributed by atoms with Crippen molar-refractivity contribution in [1.82, 2.24) is 9.97 Å². The van der Waals surface area contributed by atoms with E-state index in [9.17, 15) is 13.2 Å². The number of ether oxygens (including phenoxy) is 3. The Balaban J connectivity index is 2.86. The molecule has 0 bridgehead atoms. The van der Waals surface area contributed by atoms with Crippen molar-refractivity contribution in [3.63, 3.8) is 0 Å². The molecule has 0 aliphatic carbocycles. The summed E-state index contributed by atoms with van der Waals surface area (Å²) in [5, 5.41) is 3.24. The van der Waals surface area contributed by atoms with E-state index in [0.717, 1.165) is 6.42 Å². The Morgan fingerprint density at radius 3 is 2.21 bits per heavy atom. The predicted octanol–water partition coefficient (Wildman–Crippen LogP) is 3.50. The number of anilines is 1. The molecule has 2 rings (SSSR count). The standard InChI is InChI=1S/C15H18F3N3O3/c1-5-6-19-13-8-7-9(22-2)11(23-3)12(24-4)10(8)20-14(21-13)15(16,17)18/h7H,5-6H2,1-4H3,(H,19,20,21). The van der Waals surface area contributed by atoms with E-state index in [4.69, 9.17) is 14.2 Å². The van der Waals surface area contributed by atoms with Gasteiger partial charge in [-0.15, -0.1) is 0 Å². The van der Waals surface area contributed by atoms with E-state index in [1.807, 2.05) is 6.92 Å². The molecule has 132 valence electrons. The number of hydrogen-bond donors (Lipinski definition) is 1. The number of benzene rings is 1. The lowest BCUT2D eigenvalue weighted by Crippen LogP contribution is -2.14. The normalized spacial score (nSPS) is 11.5. The number of alkyl halides is 3. The molecule has 24 heavy (non-hydrogen) atoms. The van der Waals surface area contributed by atoms with Crippen molar-refractivity contribution >= 4 is 16.7 Å². The summed E-state index contributed by atoms with van der Waals surface area (Å²) in [6.45, 7) is 2.35. The molecule has 1 N–H and O–H groups in total. The maximum Gasteiger partial charge on any atom is 0.451 e. The van der Waals surface area contributed by atoms with Gasteiger partial charge in [-0.3, -0.25) is 0 Å². The van der Waals surface area contributed by atoms with Crippen LogP contribution in [0.15, 0.2) is 6.07 Å². The number of nitrogens with zero attached hydrogens (tertiary/aromatic N) is 2. The number of rotatable bonds is 6. The number of aromatic nitrogens is 2. The number of halogens is 3. The SMILES string of the molecule is CCCNc1nc(C(F)(F)F)nc2c(OC)c(OC)c(OC)cc12. The molecule has 0 radical (unpaired) electrons. The molecule has 1 aromatic carbocycles. The third-order valence-corrected chi connectivity index (χ3v) is 3.29. The summed E-state index contributed by atoms with van der Waals surface area (Å²) in [7, 11) is 4.12. The summed E-state index contributed by atoms with van der Waals surface area (Å²) in [6.07, 6.45) is -3.97. The smallest absolute Gasteiger partial charge is 0.451 e. The average Bonchev–Trinajstić information content (AvgIpc) is 2.56. The van der Waals surface area contributed by atoms with Crippen LogP contribution in [0.1, 0.15) is 19.2 Å². The van der Waals surface area contributed by atoms with Gasteiger partial charge in [-0.05, 0) is 12.5 Å². The summed E-state index contributed by atoms with van der Waals surface area (Å²) < 4.78 is 55.1. The molecule has 0 amide bonds. The number of hydrogen-bond acceptors (Lipinski definition) is 6. The first-order chi connectivity index (χ1) is 11.4. The molecular formula is C15H18F3N3O3. The van der Waals surface area contributed by atoms with Gasteiger partial charge in [0.25, 0.3) is 0 Å². The van der Waals surface area contributed by atoms with Gasteiger partial charge in [-0.25, -0.2) is 9.97 Å². The quantitative estimate of drug-likeness (QED) is 0.864. The summed E-state index contributed by atoms with van der Waals surface area (Å²) in [6, 6.07) is 1.52. The van der Waals surface area contributed by atoms with Crippen LogP contribution in [0.3, 0.4) is 0 Å². The first-order valence-corrected chi connectivity index (χ1v) is 7.19. The first-order valence-electron chi connectivity index (χ1n) is 7.19. The van der Waals surface area contributed by atoms with Gasteiger partial charge in [-0.2, -0.15) is 13.2 Å². The fraction of sp³-hybridized carbons (Fsp3) is 0.467. The Labute approximate surface area is 136 Å². The van der Waals surface area contributed by atoms with Crippen molar-refractivity contribution in [2.75, 3.05) is 33.2 Å². The van der Waals surface area contributed by atoms with Crippen LogP contribution in [0.2, 0.25) is 0 Å². The average molecular weight is 345 g/mol. The predicted molar refractivity (Wildman–Crippen MR) is 83.0 cm³/mol. The van der Waals surface area contributed by atoms with Crippen molar-refractivity contribution in [2.24, 2.45) is 0 Å². The molecule has 0 atom stereocenters. The molecule has 2 aromatic rings. The molecule has 0 saturated carbocycles. The lowest BCUT2D eigenvalue weighted by atomic mass is 10.1. The second kappa shape index (κ2) is 6.98. The van der Waals surface area contributed by atoms with E-state index in [1.54, 1.807) is 0 Å². The Bertz CT molecular complexity index is 735. The van der Waals surface area contributed by atoms with Crippen molar-refractivity contribution in [2.45, 2.75) is 19.5 Å². The fourth-order valence-electron chi connectivity index (χ4n) is 2.23. The van der Waals surface area contributed by atoms with Gasteiger partial charge < -0.3 is 19.5 Å². The zero-order chi connectivity index (χ0) is 17.9. The second-order valence-electron chi connectivity index (χ2n) is 4.86. The van der Waals surface area contributed by atoms with Crippen molar-refractivity contribution in [3.05, 3.63) is 11.9 Å². The van der Waals surface area contributed by atoms with E-state index in [1.165, 1.54) is 27.4 Å². The molecule has 0 aliphatic heterocycles. The molecule has 1 heterocycles. The van der Waals surface area contributed by atoms with Gasteiger partial charge in [-0.1, -0.05) is 6.92 Å². The molecule has 6 nitrogen and oxygen atoms in total. The minimum absolute atomic E-state index is 0.00363. The van der Waals surface area contributed by atoms with Crippen LogP contribution in [0.4, 0.5) is 19.0 Å². The Hall–Kier alpha value is -2.45. The van der Waals surface area contributed by atoms with Gasteiger partial charge >= 0.3 is 6.18 Å². The highest BCUT2D eigenvalue weighted by Crippen LogP contribution is 2.45. The molecule has 9 heteroatoms. The minimum Gasteiger partial charge on any atom is -0.493 e. The van der Waals surface area contributed by atoms with Crippen LogP contribution in [0.25, 0.3) is 10.9 Å². The van der Waals surface area contributed by atoms with Crippen molar-refractivity contribution < 1.29 is 27.4 Å². The fourth-order valence-corrected chi connectivity index (χ4v) is 2.23. The molecule has 0 fully saturated rings. The van der Waals surface area contributed by atoms with Gasteiger partial charge in [0.1, 0.15) is 11.3 Å². The van der Waals surface area contributed by atoms with Crippen molar-refractivity contribution in [3.8, 4) is 17.2 Å². The van der Waals surface area contributed by atoms with Crippen LogP contribution in [-0.2, 0) is 6.18 Å². The van der Waals surface area contributed by atoms with E-state index < -0.39 is 12.0 Å². The van der Waals surface area contributed by atoms with Crippen LogP contribution < -0.4 is 19.5 Å². The topological polar surface area (TPSA) is 65.5 Å². The number of nitrogens with one attached hydrogen (secondary N) is 1. The maximum absolute atomic E-state index is 13.1. The van der Waals surface area contributed by atoms with E-state index in [-0.39, 0.29) is 22.8 Å². The zero-order valence-corrected chi connectivity index (χ0v) is 13.7. The van der Waals surface area contributed by atoms with E-state index in [2.05, 4.69) is 15.3 Å². The third-order valence-electron chi connectivity index (χ3n) is 3.29. The molecule has 0 aliphatic rings. The second-order valence-corrected chi connectivity index (χ2v) is 4.86.